The first-order valence-electron chi connectivity index (χ1n) is 12.6. The molecule has 1 saturated heterocycles. The molecule has 4 heterocycles. The molecule has 35 heavy (non-hydrogen) atoms. The van der Waals surface area contributed by atoms with Crippen molar-refractivity contribution in [2.45, 2.75) is 58.0 Å². The van der Waals surface area contributed by atoms with Crippen LogP contribution in [0.4, 0.5) is 5.95 Å². The molecule has 1 saturated carbocycles. The Morgan fingerprint density at radius 1 is 1.26 bits per heavy atom. The van der Waals surface area contributed by atoms with Crippen LogP contribution in [-0.4, -0.2) is 80.7 Å². The van der Waals surface area contributed by atoms with Crippen LogP contribution < -0.4 is 10.7 Å². The predicted molar refractivity (Wildman–Crippen MR) is 138 cm³/mol. The van der Waals surface area contributed by atoms with Gasteiger partial charge >= 0.3 is 0 Å². The van der Waals surface area contributed by atoms with Crippen LogP contribution in [0.1, 0.15) is 56.9 Å². The summed E-state index contributed by atoms with van der Waals surface area (Å²) < 4.78 is 2.14. The molecule has 1 amide bonds. The lowest BCUT2D eigenvalue weighted by Crippen LogP contribution is -2.50. The summed E-state index contributed by atoms with van der Waals surface area (Å²) >= 11 is 0. The first-order valence-corrected chi connectivity index (χ1v) is 12.6. The van der Waals surface area contributed by atoms with Gasteiger partial charge in [0.25, 0.3) is 11.9 Å². The fraction of sp³-hybridized carbons (Fsp3) is 0.560. The number of hydrogen-bond acceptors (Lipinski definition) is 6. The molecule has 10 nitrogen and oxygen atoms in total. The van der Waals surface area contributed by atoms with Gasteiger partial charge in [0.2, 0.25) is 0 Å². The number of hydrogen-bond donors (Lipinski definition) is 2. The molecule has 1 spiro atoms. The number of piperazine rings is 1. The summed E-state index contributed by atoms with van der Waals surface area (Å²) in [5.41, 5.74) is 4.37. The molecular weight excluding hydrogens is 442 g/mol. The van der Waals surface area contributed by atoms with Gasteiger partial charge in [-0.15, -0.1) is 0 Å². The van der Waals surface area contributed by atoms with Gasteiger partial charge in [-0.2, -0.15) is 15.1 Å². The Kier molecular flexibility index (Phi) is 6.31. The molecule has 2 N–H and O–H groups in total. The molecule has 0 atom stereocenters. The van der Waals surface area contributed by atoms with E-state index >= 15 is 0 Å². The molecule has 2 aliphatic heterocycles. The highest BCUT2D eigenvalue weighted by molar-refractivity contribution is 5.99. The zero-order chi connectivity index (χ0) is 24.6. The molecule has 10 heteroatoms. The minimum absolute atomic E-state index is 0.0519. The highest BCUT2D eigenvalue weighted by Crippen LogP contribution is 2.41. The minimum Gasteiger partial charge on any atom is -0.353 e. The van der Waals surface area contributed by atoms with Crippen molar-refractivity contribution < 1.29 is 4.79 Å². The van der Waals surface area contributed by atoms with Crippen LogP contribution in [-0.2, 0) is 5.54 Å². The van der Waals surface area contributed by atoms with Crippen molar-refractivity contribution in [3.63, 3.8) is 0 Å². The average molecular weight is 478 g/mol. The topological polar surface area (TPSA) is 103 Å². The number of rotatable bonds is 4. The maximum absolute atomic E-state index is 12.6. The highest BCUT2D eigenvalue weighted by Gasteiger charge is 2.42. The molecule has 0 radical (unpaired) electrons. The average Bonchev–Trinajstić information content (AvgIpc) is 3.48. The van der Waals surface area contributed by atoms with E-state index < -0.39 is 0 Å². The lowest BCUT2D eigenvalue weighted by atomic mass is 9.94. The number of carbonyl (C=O) groups excluding carboxylic acids is 1. The summed E-state index contributed by atoms with van der Waals surface area (Å²) in [4.78, 5) is 31.0. The number of fused-ring (bicyclic) bond motifs is 4. The van der Waals surface area contributed by atoms with Crippen LogP contribution in [0.15, 0.2) is 35.0 Å². The van der Waals surface area contributed by atoms with Crippen molar-refractivity contribution >= 4 is 34.6 Å². The monoisotopic (exact) mass is 477 g/mol. The number of nitrogens with zero attached hydrogens (tertiary/aromatic N) is 7. The van der Waals surface area contributed by atoms with E-state index in [0.29, 0.717) is 30.1 Å². The van der Waals surface area contributed by atoms with Gasteiger partial charge in [-0.3, -0.25) is 15.1 Å². The Bertz CT molecular complexity index is 1180. The third-order valence-electron chi connectivity index (χ3n) is 7.50. The van der Waals surface area contributed by atoms with Gasteiger partial charge in [0, 0.05) is 50.3 Å². The van der Waals surface area contributed by atoms with Crippen LogP contribution in [0.5, 0.6) is 0 Å². The van der Waals surface area contributed by atoms with E-state index in [-0.39, 0.29) is 11.4 Å². The number of amidine groups is 2. The SMILES string of the molecule is C=C/C(=N\NC(C)=Nc1ncc2cc3n(c2n1)C1(CCCC1)CNC3=O)N1CCN(C(C)C)CC1. The largest absolute Gasteiger partial charge is 0.353 e. The van der Waals surface area contributed by atoms with Crippen LogP contribution in [0.2, 0.25) is 0 Å². The second-order valence-electron chi connectivity index (χ2n) is 10.0. The Morgan fingerprint density at radius 3 is 2.69 bits per heavy atom. The van der Waals surface area contributed by atoms with Crippen LogP contribution >= 0.6 is 0 Å². The van der Waals surface area contributed by atoms with E-state index in [4.69, 9.17) is 4.98 Å². The van der Waals surface area contributed by atoms with Gasteiger partial charge in [-0.25, -0.2) is 4.98 Å². The van der Waals surface area contributed by atoms with Crippen molar-refractivity contribution in [1.82, 2.24) is 35.1 Å². The van der Waals surface area contributed by atoms with Gasteiger partial charge in [0.05, 0.1) is 5.54 Å². The molecule has 0 unspecified atom stereocenters. The van der Waals surface area contributed by atoms with Crippen molar-refractivity contribution in [3.05, 3.63) is 30.6 Å². The Morgan fingerprint density at radius 2 is 2.00 bits per heavy atom. The molecule has 2 fully saturated rings. The zero-order valence-corrected chi connectivity index (χ0v) is 20.9. The van der Waals surface area contributed by atoms with Gasteiger partial charge in [0.1, 0.15) is 23.0 Å². The van der Waals surface area contributed by atoms with Crippen molar-refractivity contribution in [2.75, 3.05) is 32.7 Å². The molecule has 3 aliphatic rings. The second-order valence-corrected chi connectivity index (χ2v) is 10.0. The molecular formula is C25H35N9O. The Hall–Kier alpha value is -3.27. The van der Waals surface area contributed by atoms with Crippen LogP contribution in [0, 0.1) is 0 Å². The molecule has 1 aliphatic carbocycles. The maximum Gasteiger partial charge on any atom is 0.268 e. The summed E-state index contributed by atoms with van der Waals surface area (Å²) in [7, 11) is 0. The van der Waals surface area contributed by atoms with E-state index in [0.717, 1.165) is 68.7 Å². The number of carbonyl (C=O) groups is 1. The first-order chi connectivity index (χ1) is 16.9. The predicted octanol–water partition coefficient (Wildman–Crippen LogP) is 2.61. The lowest BCUT2D eigenvalue weighted by Gasteiger charge is -2.37. The van der Waals surface area contributed by atoms with E-state index in [1.165, 1.54) is 0 Å². The third kappa shape index (κ3) is 4.42. The number of hydrazone groups is 1. The Labute approximate surface area is 206 Å². The zero-order valence-electron chi connectivity index (χ0n) is 20.9. The van der Waals surface area contributed by atoms with Crippen molar-refractivity contribution in [1.29, 1.82) is 0 Å². The van der Waals surface area contributed by atoms with Crippen molar-refractivity contribution in [3.8, 4) is 0 Å². The molecule has 186 valence electrons. The minimum atomic E-state index is -0.101. The van der Waals surface area contributed by atoms with E-state index in [1.807, 2.05) is 13.0 Å². The number of aliphatic imine (C=N–C) groups is 1. The lowest BCUT2D eigenvalue weighted by molar-refractivity contribution is 0.0876. The molecule has 2 aromatic heterocycles. The number of nitrogens with one attached hydrogen (secondary N) is 2. The van der Waals surface area contributed by atoms with E-state index in [2.05, 4.69) is 60.6 Å². The standard InChI is InChI=1S/C25H35N9O/c1-5-21(33-12-10-32(11-13-33)17(2)3)31-30-18(4)28-24-26-15-19-14-20-23(35)27-16-25(8-6-7-9-25)34(20)22(19)29-24/h5,14-15,17H,1,6-13,16H2,2-4H3,(H,27,35)(H,26,28,29,30)/b31-21+. The summed E-state index contributed by atoms with van der Waals surface area (Å²) in [6, 6.07) is 2.44. The van der Waals surface area contributed by atoms with Gasteiger partial charge < -0.3 is 14.8 Å². The Balaban J connectivity index is 1.36. The van der Waals surface area contributed by atoms with Crippen LogP contribution in [0.3, 0.4) is 0 Å². The van der Waals surface area contributed by atoms with Crippen molar-refractivity contribution in [2.24, 2.45) is 10.1 Å². The molecule has 0 bridgehead atoms. The highest BCUT2D eigenvalue weighted by atomic mass is 16.2. The summed E-state index contributed by atoms with van der Waals surface area (Å²) in [6.07, 6.45) is 7.92. The van der Waals surface area contributed by atoms with E-state index in [1.54, 1.807) is 12.3 Å². The van der Waals surface area contributed by atoms with Gasteiger partial charge in [-0.05, 0) is 45.8 Å². The fourth-order valence-corrected chi connectivity index (χ4v) is 5.56. The first kappa shape index (κ1) is 23.5. The summed E-state index contributed by atoms with van der Waals surface area (Å²) in [6.45, 7) is 14.7. The normalized spacial score (nSPS) is 21.0. The van der Waals surface area contributed by atoms with Gasteiger partial charge in [-0.1, -0.05) is 19.4 Å². The smallest absolute Gasteiger partial charge is 0.268 e. The molecule has 5 rings (SSSR count). The number of amides is 1. The second kappa shape index (κ2) is 9.41. The number of aromatic nitrogens is 3. The van der Waals surface area contributed by atoms with E-state index in [9.17, 15) is 4.79 Å². The maximum atomic E-state index is 12.6. The third-order valence-corrected chi connectivity index (χ3v) is 7.50. The fourth-order valence-electron chi connectivity index (χ4n) is 5.56. The molecule has 2 aromatic rings. The summed E-state index contributed by atoms with van der Waals surface area (Å²) in [5, 5.41) is 8.47. The molecule has 0 aromatic carbocycles. The quantitative estimate of drug-likeness (QED) is 0.399. The van der Waals surface area contributed by atoms with Gasteiger partial charge in [0.15, 0.2) is 0 Å². The summed E-state index contributed by atoms with van der Waals surface area (Å²) in [5.74, 6) is 1.69. The van der Waals surface area contributed by atoms with Crippen LogP contribution in [0.25, 0.3) is 11.0 Å².